The third-order valence-electron chi connectivity index (χ3n) is 6.59. The third kappa shape index (κ3) is 8.66. The lowest BCUT2D eigenvalue weighted by Crippen LogP contribution is -2.53. The van der Waals surface area contributed by atoms with Crippen molar-refractivity contribution in [3.63, 3.8) is 0 Å². The zero-order valence-electron chi connectivity index (χ0n) is 23.7. The van der Waals surface area contributed by atoms with Gasteiger partial charge in [-0.1, -0.05) is 90.4 Å². The maximum Gasteiger partial charge on any atom is 0.244 e. The van der Waals surface area contributed by atoms with Crippen molar-refractivity contribution in [1.29, 1.82) is 0 Å². The molecule has 2 amide bonds. The number of nitrogens with zero attached hydrogens (tertiary/aromatic N) is 2. The molecule has 214 valence electrons. The summed E-state index contributed by atoms with van der Waals surface area (Å²) >= 11 is 3.45. The molecule has 0 spiro atoms. The Morgan fingerprint density at radius 1 is 0.875 bits per heavy atom. The average molecular weight is 629 g/mol. The molecule has 0 aliphatic heterocycles. The fourth-order valence-corrected chi connectivity index (χ4v) is 5.77. The van der Waals surface area contributed by atoms with Crippen LogP contribution in [0.25, 0.3) is 0 Å². The maximum absolute atomic E-state index is 14.2. The maximum atomic E-state index is 14.2. The summed E-state index contributed by atoms with van der Waals surface area (Å²) < 4.78 is 28.1. The van der Waals surface area contributed by atoms with Gasteiger partial charge in [-0.05, 0) is 54.2 Å². The van der Waals surface area contributed by atoms with E-state index in [2.05, 4.69) is 21.2 Å². The number of para-hydroxylation sites is 1. The summed E-state index contributed by atoms with van der Waals surface area (Å²) in [6, 6.07) is 21.7. The Bertz CT molecular complexity index is 1390. The van der Waals surface area contributed by atoms with Crippen molar-refractivity contribution < 1.29 is 18.0 Å². The van der Waals surface area contributed by atoms with Gasteiger partial charge in [-0.2, -0.15) is 0 Å². The van der Waals surface area contributed by atoms with Gasteiger partial charge in [0.1, 0.15) is 12.6 Å². The molecule has 3 aromatic rings. The fraction of sp³-hybridized carbons (Fsp3) is 0.355. The predicted octanol–water partition coefficient (Wildman–Crippen LogP) is 5.24. The molecule has 0 saturated carbocycles. The van der Waals surface area contributed by atoms with E-state index < -0.39 is 28.5 Å². The number of amides is 2. The van der Waals surface area contributed by atoms with Crippen LogP contribution in [0.3, 0.4) is 0 Å². The number of benzene rings is 3. The van der Waals surface area contributed by atoms with Crippen LogP contribution >= 0.6 is 15.9 Å². The van der Waals surface area contributed by atoms with Gasteiger partial charge >= 0.3 is 0 Å². The van der Waals surface area contributed by atoms with Crippen LogP contribution in [0, 0.1) is 19.8 Å². The van der Waals surface area contributed by atoms with Gasteiger partial charge in [0.2, 0.25) is 21.8 Å². The highest BCUT2D eigenvalue weighted by atomic mass is 79.9. The third-order valence-corrected chi connectivity index (χ3v) is 8.23. The van der Waals surface area contributed by atoms with Crippen molar-refractivity contribution in [1.82, 2.24) is 10.2 Å². The summed E-state index contributed by atoms with van der Waals surface area (Å²) in [5, 5.41) is 2.99. The minimum Gasteiger partial charge on any atom is -0.354 e. The number of rotatable bonds is 12. The Balaban J connectivity index is 2.07. The molecule has 3 aromatic carbocycles. The first-order valence-electron chi connectivity index (χ1n) is 13.3. The SMILES string of the molecule is Cc1cccc(C)c1N(CC(=O)N(Cc1ccc(Br)cc1)[C@@H](Cc1ccccc1)C(=O)NCC(C)C)S(C)(=O)=O. The van der Waals surface area contributed by atoms with Crippen molar-refractivity contribution >= 4 is 43.5 Å². The lowest BCUT2D eigenvalue weighted by molar-refractivity contribution is -0.140. The van der Waals surface area contributed by atoms with E-state index >= 15 is 0 Å². The normalized spacial score (nSPS) is 12.2. The first-order valence-corrected chi connectivity index (χ1v) is 15.9. The Morgan fingerprint density at radius 3 is 2.02 bits per heavy atom. The number of anilines is 1. The van der Waals surface area contributed by atoms with Crippen LogP contribution in [0.5, 0.6) is 0 Å². The van der Waals surface area contributed by atoms with Gasteiger partial charge in [-0.25, -0.2) is 8.42 Å². The van der Waals surface area contributed by atoms with Gasteiger partial charge in [0, 0.05) is 24.0 Å². The van der Waals surface area contributed by atoms with E-state index in [1.54, 1.807) is 0 Å². The molecule has 0 aromatic heterocycles. The van der Waals surface area contributed by atoms with E-state index in [-0.39, 0.29) is 24.8 Å². The molecule has 3 rings (SSSR count). The Kier molecular flexibility index (Phi) is 10.9. The average Bonchev–Trinajstić information content (AvgIpc) is 2.89. The molecule has 1 atom stereocenters. The van der Waals surface area contributed by atoms with Gasteiger partial charge in [0.15, 0.2) is 0 Å². The smallest absolute Gasteiger partial charge is 0.244 e. The van der Waals surface area contributed by atoms with Crippen LogP contribution in [0.2, 0.25) is 0 Å². The standard InChI is InChI=1S/C31H38BrN3O4S/c1-22(2)19-33-31(37)28(18-25-12-7-6-8-13-25)34(20-26-14-16-27(32)17-15-26)29(36)21-35(40(5,38)39)30-23(3)10-9-11-24(30)4/h6-17,22,28H,18-21H2,1-5H3,(H,33,37)/t28-/m0/s1. The Morgan fingerprint density at radius 2 is 1.48 bits per heavy atom. The van der Waals surface area contributed by atoms with Gasteiger partial charge in [-0.15, -0.1) is 0 Å². The Hall–Kier alpha value is -3.17. The number of hydrogen-bond donors (Lipinski definition) is 1. The van der Waals surface area contributed by atoms with Gasteiger partial charge in [0.25, 0.3) is 0 Å². The first-order chi connectivity index (χ1) is 18.9. The molecule has 0 radical (unpaired) electrons. The number of aryl methyl sites for hydroxylation is 2. The molecular formula is C31H38BrN3O4S. The van der Waals surface area contributed by atoms with Crippen molar-refractivity contribution in [2.45, 2.75) is 46.7 Å². The Labute approximate surface area is 246 Å². The zero-order chi connectivity index (χ0) is 29.4. The highest BCUT2D eigenvalue weighted by molar-refractivity contribution is 9.10. The van der Waals surface area contributed by atoms with Crippen molar-refractivity contribution in [2.24, 2.45) is 5.92 Å². The van der Waals surface area contributed by atoms with E-state index in [1.807, 2.05) is 100 Å². The largest absolute Gasteiger partial charge is 0.354 e. The van der Waals surface area contributed by atoms with Gasteiger partial charge in [0.05, 0.1) is 11.9 Å². The summed E-state index contributed by atoms with van der Waals surface area (Å²) in [6.45, 7) is 7.83. The number of carbonyl (C=O) groups is 2. The number of sulfonamides is 1. The van der Waals surface area contributed by atoms with E-state index in [4.69, 9.17) is 0 Å². The molecule has 40 heavy (non-hydrogen) atoms. The summed E-state index contributed by atoms with van der Waals surface area (Å²) in [4.78, 5) is 29.3. The van der Waals surface area contributed by atoms with E-state index in [1.165, 1.54) is 4.90 Å². The first kappa shape index (κ1) is 31.4. The second-order valence-corrected chi connectivity index (χ2v) is 13.3. The van der Waals surface area contributed by atoms with Crippen LogP contribution < -0.4 is 9.62 Å². The predicted molar refractivity (Wildman–Crippen MR) is 165 cm³/mol. The van der Waals surface area contributed by atoms with Crippen LogP contribution in [-0.4, -0.2) is 50.5 Å². The summed E-state index contributed by atoms with van der Waals surface area (Å²) in [6.07, 6.45) is 1.39. The lowest BCUT2D eigenvalue weighted by Gasteiger charge is -2.34. The number of carbonyl (C=O) groups excluding carboxylic acids is 2. The van der Waals surface area contributed by atoms with Gasteiger partial charge in [-0.3, -0.25) is 13.9 Å². The number of nitrogens with one attached hydrogen (secondary N) is 1. The van der Waals surface area contributed by atoms with Crippen molar-refractivity contribution in [3.05, 3.63) is 99.5 Å². The van der Waals surface area contributed by atoms with Crippen molar-refractivity contribution in [2.75, 3.05) is 23.7 Å². The zero-order valence-corrected chi connectivity index (χ0v) is 26.1. The molecule has 1 N–H and O–H groups in total. The van der Waals surface area contributed by atoms with E-state index in [0.29, 0.717) is 12.2 Å². The molecule has 0 heterocycles. The monoisotopic (exact) mass is 627 g/mol. The second kappa shape index (κ2) is 13.9. The minimum atomic E-state index is -3.82. The van der Waals surface area contributed by atoms with Gasteiger partial charge < -0.3 is 10.2 Å². The molecule has 0 fully saturated rings. The van der Waals surface area contributed by atoms with Crippen molar-refractivity contribution in [3.8, 4) is 0 Å². The molecule has 0 aliphatic carbocycles. The van der Waals surface area contributed by atoms with Crippen LogP contribution in [-0.2, 0) is 32.6 Å². The molecule has 0 unspecified atom stereocenters. The molecule has 7 nitrogen and oxygen atoms in total. The number of hydrogen-bond acceptors (Lipinski definition) is 4. The molecule has 0 saturated heterocycles. The second-order valence-electron chi connectivity index (χ2n) is 10.5. The fourth-order valence-electron chi connectivity index (χ4n) is 4.54. The van der Waals surface area contributed by atoms with Crippen LogP contribution in [0.15, 0.2) is 77.3 Å². The minimum absolute atomic E-state index is 0.142. The lowest BCUT2D eigenvalue weighted by atomic mass is 10.0. The number of halogens is 1. The summed E-state index contributed by atoms with van der Waals surface area (Å²) in [5.74, 6) is -0.515. The van der Waals surface area contributed by atoms with Crippen LogP contribution in [0.1, 0.15) is 36.1 Å². The quantitative estimate of drug-likeness (QED) is 0.297. The molecule has 9 heteroatoms. The summed E-state index contributed by atoms with van der Waals surface area (Å²) in [7, 11) is -3.82. The van der Waals surface area contributed by atoms with Crippen LogP contribution in [0.4, 0.5) is 5.69 Å². The van der Waals surface area contributed by atoms with E-state index in [9.17, 15) is 18.0 Å². The topological polar surface area (TPSA) is 86.8 Å². The summed E-state index contributed by atoms with van der Waals surface area (Å²) in [5.41, 5.74) is 3.69. The molecule has 0 bridgehead atoms. The highest BCUT2D eigenvalue weighted by Crippen LogP contribution is 2.27. The highest BCUT2D eigenvalue weighted by Gasteiger charge is 2.33. The van der Waals surface area contributed by atoms with E-state index in [0.717, 1.165) is 37.3 Å². The molecule has 0 aliphatic rings. The molecular weight excluding hydrogens is 590 g/mol.